The van der Waals surface area contributed by atoms with Crippen LogP contribution in [-0.4, -0.2) is 32.0 Å². The van der Waals surface area contributed by atoms with Crippen molar-refractivity contribution in [3.63, 3.8) is 0 Å². The predicted octanol–water partition coefficient (Wildman–Crippen LogP) is 3.20. The van der Waals surface area contributed by atoms with Gasteiger partial charge in [0, 0.05) is 29.1 Å². The second-order valence-corrected chi connectivity index (χ2v) is 10.1. The average Bonchev–Trinajstić information content (AvgIpc) is 2.92. The van der Waals surface area contributed by atoms with Crippen molar-refractivity contribution in [3.05, 3.63) is 50.4 Å². The molecule has 0 spiro atoms. The fraction of sp³-hybridized carbons (Fsp3) is 0.471. The number of sulfone groups is 1. The predicted molar refractivity (Wildman–Crippen MR) is 99.7 cm³/mol. The summed E-state index contributed by atoms with van der Waals surface area (Å²) < 4.78 is 22.5. The van der Waals surface area contributed by atoms with Gasteiger partial charge in [0.1, 0.15) is 9.84 Å². The molecule has 1 aliphatic heterocycles. The van der Waals surface area contributed by atoms with Gasteiger partial charge in [0.2, 0.25) is 0 Å². The first-order valence-corrected chi connectivity index (χ1v) is 11.3. The van der Waals surface area contributed by atoms with Crippen LogP contribution in [0.25, 0.3) is 0 Å². The van der Waals surface area contributed by atoms with Crippen LogP contribution in [0.5, 0.6) is 0 Å². The number of aromatic nitrogens is 1. The molecule has 0 radical (unpaired) electrons. The summed E-state index contributed by atoms with van der Waals surface area (Å²) in [6.07, 6.45) is 4.54. The van der Waals surface area contributed by atoms with Gasteiger partial charge in [0.05, 0.1) is 22.5 Å². The van der Waals surface area contributed by atoms with Gasteiger partial charge in [-0.15, -0.1) is 11.3 Å². The number of thiazole rings is 1. The molecule has 2 heterocycles. The third-order valence-corrected chi connectivity index (χ3v) is 6.58. The zero-order valence-electron chi connectivity index (χ0n) is 13.6. The van der Waals surface area contributed by atoms with Gasteiger partial charge >= 0.3 is 0 Å². The van der Waals surface area contributed by atoms with Gasteiger partial charge in [0.25, 0.3) is 0 Å². The van der Waals surface area contributed by atoms with E-state index >= 15 is 0 Å². The van der Waals surface area contributed by atoms with E-state index in [0.29, 0.717) is 6.42 Å². The number of hydrogen-bond acceptors (Lipinski definition) is 5. The normalized spacial score (nSPS) is 17.7. The van der Waals surface area contributed by atoms with Gasteiger partial charge < -0.3 is 5.32 Å². The summed E-state index contributed by atoms with van der Waals surface area (Å²) in [7, 11) is -2.90. The number of halogens is 1. The van der Waals surface area contributed by atoms with Crippen molar-refractivity contribution in [3.8, 4) is 0 Å². The summed E-state index contributed by atoms with van der Waals surface area (Å²) >= 11 is 7.69. The van der Waals surface area contributed by atoms with E-state index in [9.17, 15) is 8.42 Å². The molecule has 4 nitrogen and oxygen atoms in total. The van der Waals surface area contributed by atoms with Crippen molar-refractivity contribution in [2.24, 2.45) is 0 Å². The van der Waals surface area contributed by atoms with E-state index in [1.807, 2.05) is 12.1 Å². The summed E-state index contributed by atoms with van der Waals surface area (Å²) in [5, 5.41) is 5.34. The van der Waals surface area contributed by atoms with E-state index < -0.39 is 9.84 Å². The molecule has 0 fully saturated rings. The highest BCUT2D eigenvalue weighted by molar-refractivity contribution is 7.90. The minimum Gasteiger partial charge on any atom is -0.308 e. The Balaban J connectivity index is 1.69. The molecule has 0 saturated carbocycles. The molecule has 24 heavy (non-hydrogen) atoms. The Kier molecular flexibility index (Phi) is 5.59. The molecule has 0 aliphatic carbocycles. The first-order chi connectivity index (χ1) is 11.4. The molecular formula is C17H21ClN2O2S2. The molecule has 1 aromatic carbocycles. The molecule has 7 heteroatoms. The van der Waals surface area contributed by atoms with Crippen molar-refractivity contribution in [2.45, 2.75) is 31.7 Å². The zero-order valence-corrected chi connectivity index (χ0v) is 16.0. The number of nitrogens with zero attached hydrogens (tertiary/aromatic N) is 1. The van der Waals surface area contributed by atoms with Crippen LogP contribution in [0.4, 0.5) is 0 Å². The Labute approximate surface area is 152 Å². The molecule has 1 aliphatic rings. The highest BCUT2D eigenvalue weighted by Gasteiger charge is 2.24. The Morgan fingerprint density at radius 3 is 2.79 bits per heavy atom. The lowest BCUT2D eigenvalue weighted by molar-refractivity contribution is 0.495. The maximum atomic E-state index is 11.3. The number of hydrogen-bond donors (Lipinski definition) is 1. The SMILES string of the molecule is CS(=O)(=O)CCCc1nc2c(s1)CCNC2Cc1ccc(Cl)cc1. The van der Waals surface area contributed by atoms with Crippen molar-refractivity contribution in [1.82, 2.24) is 10.3 Å². The lowest BCUT2D eigenvalue weighted by Crippen LogP contribution is -2.30. The minimum absolute atomic E-state index is 0.217. The fourth-order valence-electron chi connectivity index (χ4n) is 2.94. The number of aryl methyl sites for hydroxylation is 1. The number of rotatable bonds is 6. The average molecular weight is 385 g/mol. The minimum atomic E-state index is -2.90. The van der Waals surface area contributed by atoms with Crippen molar-refractivity contribution >= 4 is 32.8 Å². The van der Waals surface area contributed by atoms with Crippen molar-refractivity contribution in [1.29, 1.82) is 0 Å². The van der Waals surface area contributed by atoms with E-state index in [1.54, 1.807) is 11.3 Å². The molecule has 1 N–H and O–H groups in total. The summed E-state index contributed by atoms with van der Waals surface area (Å²) in [5.41, 5.74) is 2.37. The van der Waals surface area contributed by atoms with Crippen molar-refractivity contribution in [2.75, 3.05) is 18.6 Å². The Morgan fingerprint density at radius 1 is 1.33 bits per heavy atom. The third kappa shape index (κ3) is 4.79. The van der Waals surface area contributed by atoms with Gasteiger partial charge in [-0.2, -0.15) is 0 Å². The van der Waals surface area contributed by atoms with Gasteiger partial charge in [-0.1, -0.05) is 23.7 Å². The van der Waals surface area contributed by atoms with Crippen LogP contribution in [0.1, 0.15) is 33.6 Å². The molecule has 1 unspecified atom stereocenters. The number of benzene rings is 1. The number of nitrogens with one attached hydrogen (secondary N) is 1. The largest absolute Gasteiger partial charge is 0.308 e. The van der Waals surface area contributed by atoms with Gasteiger partial charge in [-0.05, 0) is 37.0 Å². The number of fused-ring (bicyclic) bond motifs is 1. The molecule has 0 bridgehead atoms. The van der Waals surface area contributed by atoms with Crippen LogP contribution < -0.4 is 5.32 Å². The maximum absolute atomic E-state index is 11.3. The van der Waals surface area contributed by atoms with Crippen LogP contribution >= 0.6 is 22.9 Å². The molecule has 2 aromatic rings. The molecule has 3 rings (SSSR count). The van der Waals surface area contributed by atoms with Gasteiger partial charge in [-0.25, -0.2) is 13.4 Å². The second-order valence-electron chi connectivity index (χ2n) is 6.24. The zero-order chi connectivity index (χ0) is 17.2. The van der Waals surface area contributed by atoms with E-state index in [1.165, 1.54) is 16.7 Å². The Hall–Kier alpha value is -0.950. The summed E-state index contributed by atoms with van der Waals surface area (Å²) in [6.45, 7) is 0.955. The van der Waals surface area contributed by atoms with Gasteiger partial charge in [-0.3, -0.25) is 0 Å². The lowest BCUT2D eigenvalue weighted by Gasteiger charge is -2.23. The summed E-state index contributed by atoms with van der Waals surface area (Å²) in [6, 6.07) is 8.15. The monoisotopic (exact) mass is 384 g/mol. The smallest absolute Gasteiger partial charge is 0.147 e. The van der Waals surface area contributed by atoms with Crippen LogP contribution in [0.2, 0.25) is 5.02 Å². The van der Waals surface area contributed by atoms with Crippen LogP contribution in [-0.2, 0) is 29.1 Å². The van der Waals surface area contributed by atoms with E-state index in [0.717, 1.165) is 41.5 Å². The van der Waals surface area contributed by atoms with E-state index in [2.05, 4.69) is 17.4 Å². The molecule has 0 amide bonds. The van der Waals surface area contributed by atoms with Crippen LogP contribution in [0, 0.1) is 0 Å². The highest BCUT2D eigenvalue weighted by Crippen LogP contribution is 2.30. The first-order valence-electron chi connectivity index (χ1n) is 8.05. The van der Waals surface area contributed by atoms with E-state index in [4.69, 9.17) is 16.6 Å². The van der Waals surface area contributed by atoms with E-state index in [-0.39, 0.29) is 11.8 Å². The molecule has 0 saturated heterocycles. The highest BCUT2D eigenvalue weighted by atomic mass is 35.5. The topological polar surface area (TPSA) is 59.1 Å². The Morgan fingerprint density at radius 2 is 2.08 bits per heavy atom. The summed E-state index contributed by atoms with van der Waals surface area (Å²) in [4.78, 5) is 6.14. The Bertz CT molecular complexity index is 800. The quantitative estimate of drug-likeness (QED) is 0.830. The third-order valence-electron chi connectivity index (χ3n) is 4.10. The first kappa shape index (κ1) is 17.9. The van der Waals surface area contributed by atoms with Crippen LogP contribution in [0.3, 0.4) is 0 Å². The molecule has 130 valence electrons. The second kappa shape index (κ2) is 7.52. The van der Waals surface area contributed by atoms with Gasteiger partial charge in [0.15, 0.2) is 0 Å². The summed E-state index contributed by atoms with van der Waals surface area (Å²) in [5.74, 6) is 0.226. The fourth-order valence-corrected chi connectivity index (χ4v) is 4.91. The van der Waals surface area contributed by atoms with Crippen LogP contribution in [0.15, 0.2) is 24.3 Å². The molecule has 1 atom stereocenters. The standard InChI is InChI=1S/C17H21ClN2O2S2/c1-24(21,22)10-2-3-16-20-17-14(19-9-8-15(17)23-16)11-12-4-6-13(18)7-5-12/h4-7,14,19H,2-3,8-11H2,1H3. The molecule has 1 aromatic heterocycles. The molecular weight excluding hydrogens is 364 g/mol. The maximum Gasteiger partial charge on any atom is 0.147 e. The lowest BCUT2D eigenvalue weighted by atomic mass is 9.99. The van der Waals surface area contributed by atoms with Crippen molar-refractivity contribution < 1.29 is 8.42 Å².